The summed E-state index contributed by atoms with van der Waals surface area (Å²) in [6.07, 6.45) is 0. The summed E-state index contributed by atoms with van der Waals surface area (Å²) in [5.74, 6) is 0.400. The summed E-state index contributed by atoms with van der Waals surface area (Å²) in [4.78, 5) is 11.7. The number of benzene rings is 2. The van der Waals surface area contributed by atoms with Crippen LogP contribution in [0.2, 0.25) is 0 Å². The van der Waals surface area contributed by atoms with Crippen molar-refractivity contribution in [3.8, 4) is 0 Å². The highest BCUT2D eigenvalue weighted by Crippen LogP contribution is 2.23. The maximum atomic E-state index is 12.5. The van der Waals surface area contributed by atoms with Gasteiger partial charge < -0.3 is 9.30 Å². The van der Waals surface area contributed by atoms with Crippen molar-refractivity contribution in [1.82, 2.24) is 14.8 Å². The molecule has 28 heavy (non-hydrogen) atoms. The third-order valence-electron chi connectivity index (χ3n) is 4.09. The Morgan fingerprint density at radius 3 is 2.39 bits per heavy atom. The molecule has 0 bridgehead atoms. The number of ether oxygens (including phenoxy) is 1. The van der Waals surface area contributed by atoms with Crippen LogP contribution in [0.5, 0.6) is 0 Å². The summed E-state index contributed by atoms with van der Waals surface area (Å²) >= 11 is 1.44. The van der Waals surface area contributed by atoms with E-state index < -0.39 is 9.84 Å². The minimum atomic E-state index is -3.48. The van der Waals surface area contributed by atoms with Crippen LogP contribution in [0.15, 0.2) is 64.6 Å². The predicted molar refractivity (Wildman–Crippen MR) is 106 cm³/mol. The smallest absolute Gasteiger partial charge is 0.337 e. The molecule has 0 saturated carbocycles. The monoisotopic (exact) mass is 417 g/mol. The van der Waals surface area contributed by atoms with Gasteiger partial charge in [-0.1, -0.05) is 42.1 Å². The molecule has 0 atom stereocenters. The van der Waals surface area contributed by atoms with Crippen LogP contribution >= 0.6 is 11.8 Å². The molecule has 0 aliphatic carbocycles. The zero-order valence-corrected chi connectivity index (χ0v) is 17.0. The second kappa shape index (κ2) is 8.57. The largest absolute Gasteiger partial charge is 0.465 e. The van der Waals surface area contributed by atoms with Crippen molar-refractivity contribution in [1.29, 1.82) is 0 Å². The molecule has 0 saturated heterocycles. The highest BCUT2D eigenvalue weighted by molar-refractivity contribution is 7.98. The number of rotatable bonds is 7. The average Bonchev–Trinajstić information content (AvgIpc) is 3.06. The molecule has 0 amide bonds. The second-order valence-corrected chi connectivity index (χ2v) is 8.94. The van der Waals surface area contributed by atoms with Crippen molar-refractivity contribution in [2.24, 2.45) is 7.05 Å². The first kappa shape index (κ1) is 20.1. The fourth-order valence-corrected chi connectivity index (χ4v) is 4.70. The molecule has 0 spiro atoms. The zero-order valence-electron chi connectivity index (χ0n) is 15.4. The number of methoxy groups -OCH3 is 1. The van der Waals surface area contributed by atoms with Gasteiger partial charge in [-0.25, -0.2) is 13.2 Å². The number of carbonyl (C=O) groups excluding carboxylic acids is 1. The van der Waals surface area contributed by atoms with Gasteiger partial charge in [0.2, 0.25) is 0 Å². The first-order chi connectivity index (χ1) is 13.4. The van der Waals surface area contributed by atoms with Crippen LogP contribution in [0.4, 0.5) is 0 Å². The summed E-state index contributed by atoms with van der Waals surface area (Å²) in [5, 5.41) is 8.76. The summed E-state index contributed by atoms with van der Waals surface area (Å²) in [6, 6.07) is 15.4. The first-order valence-corrected chi connectivity index (χ1v) is 11.0. The number of esters is 1. The molecule has 3 rings (SSSR count). The number of hydrogen-bond donors (Lipinski definition) is 0. The van der Waals surface area contributed by atoms with Crippen LogP contribution in [-0.4, -0.2) is 36.3 Å². The molecule has 146 valence electrons. The van der Waals surface area contributed by atoms with E-state index in [1.165, 1.54) is 18.9 Å². The predicted octanol–water partition coefficient (Wildman–Crippen LogP) is 2.87. The minimum absolute atomic E-state index is 0.213. The second-order valence-electron chi connectivity index (χ2n) is 6.01. The van der Waals surface area contributed by atoms with Crippen molar-refractivity contribution in [2.75, 3.05) is 7.11 Å². The van der Waals surface area contributed by atoms with E-state index in [-0.39, 0.29) is 16.6 Å². The van der Waals surface area contributed by atoms with E-state index in [9.17, 15) is 13.2 Å². The van der Waals surface area contributed by atoms with Gasteiger partial charge in [0.15, 0.2) is 15.0 Å². The number of hydrogen-bond acceptors (Lipinski definition) is 7. The number of sulfone groups is 1. The summed E-state index contributed by atoms with van der Waals surface area (Å²) < 4.78 is 31.4. The Morgan fingerprint density at radius 2 is 1.75 bits per heavy atom. The molecule has 9 heteroatoms. The van der Waals surface area contributed by atoms with Gasteiger partial charge in [-0.05, 0) is 29.8 Å². The van der Waals surface area contributed by atoms with Crippen LogP contribution in [0, 0.1) is 0 Å². The van der Waals surface area contributed by atoms with Crippen molar-refractivity contribution in [3.63, 3.8) is 0 Å². The van der Waals surface area contributed by atoms with E-state index in [1.54, 1.807) is 54.1 Å². The maximum absolute atomic E-state index is 12.5. The molecule has 0 fully saturated rings. The lowest BCUT2D eigenvalue weighted by Gasteiger charge is -2.06. The molecular formula is C19H19N3O4S2. The molecular weight excluding hydrogens is 398 g/mol. The van der Waals surface area contributed by atoms with Crippen LogP contribution in [0.1, 0.15) is 21.7 Å². The molecule has 1 heterocycles. The number of carbonyl (C=O) groups is 1. The fourth-order valence-electron chi connectivity index (χ4n) is 2.48. The van der Waals surface area contributed by atoms with Crippen LogP contribution in [0.25, 0.3) is 0 Å². The van der Waals surface area contributed by atoms with Crippen LogP contribution in [0.3, 0.4) is 0 Å². The molecule has 7 nitrogen and oxygen atoms in total. The van der Waals surface area contributed by atoms with E-state index in [4.69, 9.17) is 0 Å². The quantitative estimate of drug-likeness (QED) is 0.431. The summed E-state index contributed by atoms with van der Waals surface area (Å²) in [7, 11) is -0.390. The molecule has 0 radical (unpaired) electrons. The topological polar surface area (TPSA) is 91.2 Å². The Kier molecular flexibility index (Phi) is 6.15. The molecule has 3 aromatic rings. The Morgan fingerprint density at radius 1 is 1.07 bits per heavy atom. The molecule has 0 aliphatic heterocycles. The average molecular weight is 418 g/mol. The van der Waals surface area contributed by atoms with E-state index in [1.807, 2.05) is 12.1 Å². The van der Waals surface area contributed by atoms with E-state index >= 15 is 0 Å². The molecule has 0 N–H and O–H groups in total. The van der Waals surface area contributed by atoms with Crippen molar-refractivity contribution >= 4 is 27.6 Å². The van der Waals surface area contributed by atoms with Gasteiger partial charge in [-0.15, -0.1) is 10.2 Å². The Labute approximate surface area is 167 Å². The van der Waals surface area contributed by atoms with Gasteiger partial charge in [0, 0.05) is 12.8 Å². The van der Waals surface area contributed by atoms with E-state index in [2.05, 4.69) is 14.9 Å². The third kappa shape index (κ3) is 4.60. The normalized spacial score (nSPS) is 11.4. The third-order valence-corrected chi connectivity index (χ3v) is 6.81. The van der Waals surface area contributed by atoms with Gasteiger partial charge in [0.05, 0.1) is 17.6 Å². The lowest BCUT2D eigenvalue weighted by Crippen LogP contribution is -2.09. The minimum Gasteiger partial charge on any atom is -0.465 e. The Hall–Kier alpha value is -2.65. The maximum Gasteiger partial charge on any atom is 0.337 e. The van der Waals surface area contributed by atoms with E-state index in [0.29, 0.717) is 22.3 Å². The highest BCUT2D eigenvalue weighted by atomic mass is 32.2. The Balaban J connectivity index is 1.67. The summed E-state index contributed by atoms with van der Waals surface area (Å²) in [5.41, 5.74) is 1.49. The SMILES string of the molecule is COC(=O)c1ccc(CSc2nnc(CS(=O)(=O)c3ccccc3)n2C)cc1. The van der Waals surface area contributed by atoms with Gasteiger partial charge in [0.1, 0.15) is 11.6 Å². The van der Waals surface area contributed by atoms with Crippen LogP contribution < -0.4 is 0 Å². The lowest BCUT2D eigenvalue weighted by molar-refractivity contribution is 0.0600. The van der Waals surface area contributed by atoms with Crippen LogP contribution in [-0.2, 0) is 33.1 Å². The zero-order chi connectivity index (χ0) is 20.1. The van der Waals surface area contributed by atoms with Gasteiger partial charge >= 0.3 is 5.97 Å². The summed E-state index contributed by atoms with van der Waals surface area (Å²) in [6.45, 7) is 0. The molecule has 1 aromatic heterocycles. The highest BCUT2D eigenvalue weighted by Gasteiger charge is 2.20. The molecule has 2 aromatic carbocycles. The van der Waals surface area contributed by atoms with Crippen molar-refractivity contribution in [2.45, 2.75) is 21.6 Å². The number of nitrogens with zero attached hydrogens (tertiary/aromatic N) is 3. The van der Waals surface area contributed by atoms with E-state index in [0.717, 1.165) is 5.56 Å². The fraction of sp³-hybridized carbons (Fsp3) is 0.211. The lowest BCUT2D eigenvalue weighted by atomic mass is 10.1. The number of thioether (sulfide) groups is 1. The Bertz CT molecular complexity index is 1060. The molecule has 0 unspecified atom stereocenters. The molecule has 0 aliphatic rings. The standard InChI is InChI=1S/C19H19N3O4S2/c1-22-17(13-28(24,25)16-6-4-3-5-7-16)20-21-19(22)27-12-14-8-10-15(11-9-14)18(23)26-2/h3-11H,12-13H2,1-2H3. The van der Waals surface area contributed by atoms with Crippen molar-refractivity contribution < 1.29 is 17.9 Å². The van der Waals surface area contributed by atoms with Gasteiger partial charge in [-0.2, -0.15) is 0 Å². The first-order valence-electron chi connectivity index (χ1n) is 8.37. The van der Waals surface area contributed by atoms with Gasteiger partial charge in [-0.3, -0.25) is 0 Å². The number of aromatic nitrogens is 3. The van der Waals surface area contributed by atoms with Crippen molar-refractivity contribution in [3.05, 3.63) is 71.5 Å². The van der Waals surface area contributed by atoms with Gasteiger partial charge in [0.25, 0.3) is 0 Å².